The van der Waals surface area contributed by atoms with Crippen LogP contribution in [-0.4, -0.2) is 49.7 Å². The van der Waals surface area contributed by atoms with E-state index in [1.54, 1.807) is 6.92 Å². The maximum atomic E-state index is 12.4. The number of aromatic amines is 1. The highest BCUT2D eigenvalue weighted by atomic mass is 16.2. The second-order valence-corrected chi connectivity index (χ2v) is 7.87. The summed E-state index contributed by atoms with van der Waals surface area (Å²) in [4.78, 5) is 42.0. The van der Waals surface area contributed by atoms with Crippen molar-refractivity contribution < 1.29 is 9.59 Å². The molecule has 8 nitrogen and oxygen atoms in total. The predicted molar refractivity (Wildman–Crippen MR) is 118 cm³/mol. The molecule has 0 unspecified atom stereocenters. The minimum atomic E-state index is -0.299. The number of H-pyrrole nitrogens is 1. The van der Waals surface area contributed by atoms with Gasteiger partial charge in [0.2, 0.25) is 5.91 Å². The summed E-state index contributed by atoms with van der Waals surface area (Å²) in [5, 5.41) is 4.99. The number of amides is 2. The van der Waals surface area contributed by atoms with Crippen molar-refractivity contribution in [2.24, 2.45) is 0 Å². The molecule has 4 aromatic rings. The zero-order valence-electron chi connectivity index (χ0n) is 17.1. The van der Waals surface area contributed by atoms with Crippen LogP contribution in [0.3, 0.4) is 0 Å². The Morgan fingerprint density at radius 2 is 1.84 bits per heavy atom. The zero-order valence-corrected chi connectivity index (χ0v) is 17.1. The number of fused-ring (bicyclic) bond motifs is 3. The molecule has 4 heterocycles. The number of anilines is 1. The van der Waals surface area contributed by atoms with Crippen LogP contribution in [0.1, 0.15) is 41.9 Å². The fourth-order valence-corrected chi connectivity index (χ4v) is 4.22. The Kier molecular flexibility index (Phi) is 4.82. The van der Waals surface area contributed by atoms with Gasteiger partial charge in [-0.15, -0.1) is 0 Å². The number of nitrogens with one attached hydrogen (secondary N) is 2. The summed E-state index contributed by atoms with van der Waals surface area (Å²) in [5.74, 6) is 0.172. The highest BCUT2D eigenvalue weighted by Gasteiger charge is 2.23. The zero-order chi connectivity index (χ0) is 21.4. The van der Waals surface area contributed by atoms with E-state index in [1.165, 1.54) is 18.6 Å². The summed E-state index contributed by atoms with van der Waals surface area (Å²) >= 11 is 0. The summed E-state index contributed by atoms with van der Waals surface area (Å²) in [7, 11) is 0. The highest BCUT2D eigenvalue weighted by molar-refractivity contribution is 6.10. The third-order valence-electron chi connectivity index (χ3n) is 5.92. The van der Waals surface area contributed by atoms with Crippen molar-refractivity contribution in [1.82, 2.24) is 24.8 Å². The maximum absolute atomic E-state index is 12.4. The van der Waals surface area contributed by atoms with E-state index in [4.69, 9.17) is 0 Å². The Labute approximate surface area is 178 Å². The van der Waals surface area contributed by atoms with Crippen molar-refractivity contribution >= 4 is 39.3 Å². The first-order valence-electron chi connectivity index (χ1n) is 10.3. The number of pyridine rings is 1. The molecule has 1 saturated heterocycles. The molecule has 1 fully saturated rings. The van der Waals surface area contributed by atoms with Crippen LogP contribution < -0.4 is 5.32 Å². The quantitative estimate of drug-likeness (QED) is 0.534. The summed E-state index contributed by atoms with van der Waals surface area (Å²) in [6.45, 7) is 3.16. The van der Waals surface area contributed by atoms with Crippen LogP contribution in [0.25, 0.3) is 21.8 Å². The van der Waals surface area contributed by atoms with Gasteiger partial charge >= 0.3 is 0 Å². The molecule has 0 radical (unpaired) electrons. The monoisotopic (exact) mass is 414 g/mol. The molecule has 0 atom stereocenters. The van der Waals surface area contributed by atoms with E-state index in [2.05, 4.69) is 31.3 Å². The van der Waals surface area contributed by atoms with Crippen LogP contribution in [0.4, 0.5) is 5.69 Å². The lowest BCUT2D eigenvalue weighted by molar-refractivity contribution is -0.129. The SMILES string of the molecule is CC(=O)N1CCC(c2cc3c(cn2)[nH]c2ccc(NC(=O)c4cnccn4)cc23)CC1. The molecule has 156 valence electrons. The molecule has 1 aliphatic rings. The molecule has 2 N–H and O–H groups in total. The Morgan fingerprint density at radius 1 is 1.03 bits per heavy atom. The Balaban J connectivity index is 1.44. The van der Waals surface area contributed by atoms with Gasteiger partial charge in [-0.1, -0.05) is 0 Å². The van der Waals surface area contributed by atoms with Crippen molar-refractivity contribution in [1.29, 1.82) is 0 Å². The number of piperidine rings is 1. The van der Waals surface area contributed by atoms with Gasteiger partial charge in [0, 0.05) is 66.0 Å². The maximum Gasteiger partial charge on any atom is 0.275 e. The molecular weight excluding hydrogens is 392 g/mol. The molecule has 0 aliphatic carbocycles. The molecule has 31 heavy (non-hydrogen) atoms. The molecule has 0 spiro atoms. The number of rotatable bonds is 3. The highest BCUT2D eigenvalue weighted by Crippen LogP contribution is 2.32. The summed E-state index contributed by atoms with van der Waals surface area (Å²) in [6.07, 6.45) is 8.17. The van der Waals surface area contributed by atoms with E-state index < -0.39 is 0 Å². The first-order valence-corrected chi connectivity index (χ1v) is 10.3. The topological polar surface area (TPSA) is 104 Å². The van der Waals surface area contributed by atoms with Gasteiger partial charge in [0.1, 0.15) is 5.69 Å². The van der Waals surface area contributed by atoms with Crippen molar-refractivity contribution in [3.63, 3.8) is 0 Å². The number of nitrogens with zero attached hydrogens (tertiary/aromatic N) is 4. The Hall–Kier alpha value is -3.81. The summed E-state index contributed by atoms with van der Waals surface area (Å²) < 4.78 is 0. The number of hydrogen-bond acceptors (Lipinski definition) is 5. The van der Waals surface area contributed by atoms with E-state index in [0.29, 0.717) is 11.6 Å². The van der Waals surface area contributed by atoms with Crippen LogP contribution in [0.5, 0.6) is 0 Å². The van der Waals surface area contributed by atoms with Crippen LogP contribution in [0, 0.1) is 0 Å². The Morgan fingerprint density at radius 3 is 2.58 bits per heavy atom. The van der Waals surface area contributed by atoms with E-state index in [0.717, 1.165) is 53.4 Å². The van der Waals surface area contributed by atoms with Crippen LogP contribution in [-0.2, 0) is 4.79 Å². The summed E-state index contributed by atoms with van der Waals surface area (Å²) in [6, 6.07) is 7.91. The largest absolute Gasteiger partial charge is 0.353 e. The summed E-state index contributed by atoms with van der Waals surface area (Å²) in [5.41, 5.74) is 3.95. The molecule has 5 rings (SSSR count). The fourth-order valence-electron chi connectivity index (χ4n) is 4.22. The van der Waals surface area contributed by atoms with Crippen LogP contribution in [0.2, 0.25) is 0 Å². The van der Waals surface area contributed by atoms with Gasteiger partial charge in [-0.3, -0.25) is 19.6 Å². The van der Waals surface area contributed by atoms with E-state index in [-0.39, 0.29) is 17.5 Å². The fraction of sp³-hybridized carbons (Fsp3) is 0.261. The van der Waals surface area contributed by atoms with Gasteiger partial charge in [0.25, 0.3) is 5.91 Å². The number of hydrogen-bond donors (Lipinski definition) is 2. The first-order chi connectivity index (χ1) is 15.1. The molecule has 0 saturated carbocycles. The van der Waals surface area contributed by atoms with Gasteiger partial charge < -0.3 is 15.2 Å². The van der Waals surface area contributed by atoms with Gasteiger partial charge in [-0.05, 0) is 37.1 Å². The molecule has 1 aromatic carbocycles. The molecular formula is C23H22N6O2. The smallest absolute Gasteiger partial charge is 0.275 e. The average molecular weight is 414 g/mol. The second-order valence-electron chi connectivity index (χ2n) is 7.87. The van der Waals surface area contributed by atoms with Gasteiger partial charge in [0.15, 0.2) is 0 Å². The van der Waals surface area contributed by atoms with E-state index in [1.807, 2.05) is 29.3 Å². The number of likely N-dealkylation sites (tertiary alicyclic amines) is 1. The number of carbonyl (C=O) groups excluding carboxylic acids is 2. The lowest BCUT2D eigenvalue weighted by Crippen LogP contribution is -2.36. The normalized spacial score (nSPS) is 14.8. The lowest BCUT2D eigenvalue weighted by atomic mass is 9.92. The Bertz CT molecular complexity index is 1280. The number of carbonyl (C=O) groups is 2. The first kappa shape index (κ1) is 19.2. The number of benzene rings is 1. The van der Waals surface area contributed by atoms with Crippen molar-refractivity contribution in [2.45, 2.75) is 25.7 Å². The van der Waals surface area contributed by atoms with Crippen LogP contribution >= 0.6 is 0 Å². The van der Waals surface area contributed by atoms with Crippen LogP contribution in [0.15, 0.2) is 49.1 Å². The van der Waals surface area contributed by atoms with Crippen molar-refractivity contribution in [2.75, 3.05) is 18.4 Å². The minimum Gasteiger partial charge on any atom is -0.353 e. The van der Waals surface area contributed by atoms with Gasteiger partial charge in [0.05, 0.1) is 17.9 Å². The lowest BCUT2D eigenvalue weighted by Gasteiger charge is -2.31. The molecule has 1 aliphatic heterocycles. The van der Waals surface area contributed by atoms with Gasteiger partial charge in [-0.25, -0.2) is 4.98 Å². The molecule has 0 bridgehead atoms. The third kappa shape index (κ3) is 3.72. The second kappa shape index (κ2) is 7.79. The predicted octanol–water partition coefficient (Wildman–Crippen LogP) is 3.48. The standard InChI is InChI=1S/C23H22N6O2/c1-14(30)29-8-4-15(5-9-29)20-11-18-17-10-16(2-3-19(17)28-21(18)13-26-20)27-23(31)22-12-24-6-7-25-22/h2-3,6-7,10-13,15,28H,4-5,8-9H2,1H3,(H,27,31). The van der Waals surface area contributed by atoms with E-state index in [9.17, 15) is 9.59 Å². The minimum absolute atomic E-state index is 0.134. The average Bonchev–Trinajstić information content (AvgIpc) is 3.17. The molecule has 2 amide bonds. The van der Waals surface area contributed by atoms with Crippen molar-refractivity contribution in [3.8, 4) is 0 Å². The van der Waals surface area contributed by atoms with E-state index >= 15 is 0 Å². The number of aromatic nitrogens is 4. The van der Waals surface area contributed by atoms with Crippen molar-refractivity contribution in [3.05, 3.63) is 60.4 Å². The molecule has 3 aromatic heterocycles. The third-order valence-corrected chi connectivity index (χ3v) is 5.92. The van der Waals surface area contributed by atoms with Gasteiger partial charge in [-0.2, -0.15) is 0 Å². The molecule has 8 heteroatoms.